The molecule has 30 heavy (non-hydrogen) atoms. The van der Waals surface area contributed by atoms with Crippen molar-refractivity contribution in [2.24, 2.45) is 5.92 Å². The molecule has 1 saturated heterocycles. The Kier molecular flexibility index (Phi) is 8.04. The van der Waals surface area contributed by atoms with E-state index in [-0.39, 0.29) is 45.0 Å². The molecule has 2 aliphatic rings. The average Bonchev–Trinajstić information content (AvgIpc) is 3.13. The first-order chi connectivity index (χ1) is 14.4. The molecule has 2 atom stereocenters. The fraction of sp³-hybridized carbons (Fsp3) is 0.682. The molecule has 0 aromatic heterocycles. The number of hydrogen-bond acceptors (Lipinski definition) is 5. The highest BCUT2D eigenvalue weighted by atomic mass is 35.5. The van der Waals surface area contributed by atoms with Crippen LogP contribution in [0.2, 0.25) is 5.02 Å². The summed E-state index contributed by atoms with van der Waals surface area (Å²) in [4.78, 5) is 13.3. The molecule has 0 spiro atoms. The van der Waals surface area contributed by atoms with E-state index in [1.807, 2.05) is 0 Å². The van der Waals surface area contributed by atoms with Crippen LogP contribution < -0.4 is 15.4 Å². The zero-order valence-electron chi connectivity index (χ0n) is 17.9. The number of rotatable bonds is 7. The number of halogens is 1. The molecule has 168 valence electrons. The van der Waals surface area contributed by atoms with Gasteiger partial charge in [-0.1, -0.05) is 44.2 Å². The predicted molar refractivity (Wildman–Crippen MR) is 119 cm³/mol. The Morgan fingerprint density at radius 1 is 1.20 bits per heavy atom. The molecule has 1 aliphatic heterocycles. The number of carbonyl (C=O) groups is 1. The molecule has 1 saturated carbocycles. The van der Waals surface area contributed by atoms with Crippen LogP contribution in [0.15, 0.2) is 17.0 Å². The molecule has 0 radical (unpaired) electrons. The van der Waals surface area contributed by atoms with Gasteiger partial charge in [-0.05, 0) is 44.2 Å². The second-order valence-corrected chi connectivity index (χ2v) is 11.0. The van der Waals surface area contributed by atoms with Crippen LogP contribution in [-0.4, -0.2) is 45.8 Å². The van der Waals surface area contributed by atoms with Gasteiger partial charge in [0.1, 0.15) is 5.75 Å². The van der Waals surface area contributed by atoms with Gasteiger partial charge in [-0.2, -0.15) is 0 Å². The van der Waals surface area contributed by atoms with E-state index in [4.69, 9.17) is 16.3 Å². The van der Waals surface area contributed by atoms with Gasteiger partial charge < -0.3 is 15.4 Å². The quantitative estimate of drug-likeness (QED) is 0.606. The molecule has 2 unspecified atom stereocenters. The van der Waals surface area contributed by atoms with E-state index in [2.05, 4.69) is 10.6 Å². The van der Waals surface area contributed by atoms with Crippen molar-refractivity contribution in [3.05, 3.63) is 22.7 Å². The highest BCUT2D eigenvalue weighted by Crippen LogP contribution is 2.33. The van der Waals surface area contributed by atoms with Crippen molar-refractivity contribution < 1.29 is 17.9 Å². The highest BCUT2D eigenvalue weighted by Gasteiger charge is 2.34. The molecule has 2 N–H and O–H groups in total. The van der Waals surface area contributed by atoms with Crippen molar-refractivity contribution >= 4 is 27.3 Å². The molecule has 1 amide bonds. The van der Waals surface area contributed by atoms with Crippen molar-refractivity contribution in [3.8, 4) is 5.75 Å². The van der Waals surface area contributed by atoms with Crippen LogP contribution in [0, 0.1) is 5.92 Å². The van der Waals surface area contributed by atoms with E-state index in [1.165, 1.54) is 44.9 Å². The highest BCUT2D eigenvalue weighted by molar-refractivity contribution is 7.91. The molecule has 1 aromatic carbocycles. The SMILES string of the molecule is CCS(=O)(=O)c1cc(C(=O)NC(C2CCCCCC2)C2CCCN2)c(OC)cc1Cl. The van der Waals surface area contributed by atoms with Crippen LogP contribution >= 0.6 is 11.6 Å². The lowest BCUT2D eigenvalue weighted by Gasteiger charge is -2.32. The first kappa shape index (κ1) is 23.4. The minimum atomic E-state index is -3.56. The Balaban J connectivity index is 1.91. The summed E-state index contributed by atoms with van der Waals surface area (Å²) in [5.74, 6) is 0.311. The summed E-state index contributed by atoms with van der Waals surface area (Å²) >= 11 is 6.20. The van der Waals surface area contributed by atoms with Gasteiger partial charge in [0.2, 0.25) is 0 Å². The largest absolute Gasteiger partial charge is 0.496 e. The van der Waals surface area contributed by atoms with E-state index in [0.29, 0.717) is 5.92 Å². The van der Waals surface area contributed by atoms with Crippen LogP contribution in [0.25, 0.3) is 0 Å². The molecule has 1 heterocycles. The van der Waals surface area contributed by atoms with E-state index in [1.54, 1.807) is 6.92 Å². The van der Waals surface area contributed by atoms with Crippen molar-refractivity contribution in [2.75, 3.05) is 19.4 Å². The smallest absolute Gasteiger partial charge is 0.255 e. The van der Waals surface area contributed by atoms with Gasteiger partial charge in [0.05, 0.1) is 28.3 Å². The summed E-state index contributed by atoms with van der Waals surface area (Å²) in [6.45, 7) is 2.52. The van der Waals surface area contributed by atoms with E-state index < -0.39 is 9.84 Å². The van der Waals surface area contributed by atoms with Gasteiger partial charge in [0, 0.05) is 18.2 Å². The summed E-state index contributed by atoms with van der Waals surface area (Å²) < 4.78 is 30.3. The lowest BCUT2D eigenvalue weighted by Crippen LogP contribution is -2.51. The monoisotopic (exact) mass is 456 g/mol. The minimum absolute atomic E-state index is 0.0183. The molecular weight excluding hydrogens is 424 g/mol. The number of methoxy groups -OCH3 is 1. The summed E-state index contributed by atoms with van der Waals surface area (Å²) in [6, 6.07) is 3.05. The molecule has 2 fully saturated rings. The Hall–Kier alpha value is -1.31. The first-order valence-corrected chi connectivity index (χ1v) is 13.0. The summed E-state index contributed by atoms with van der Waals surface area (Å²) in [5.41, 5.74) is 0.213. The maximum Gasteiger partial charge on any atom is 0.255 e. The molecular formula is C22H33ClN2O4S. The number of amides is 1. The molecule has 0 bridgehead atoms. The van der Waals surface area contributed by atoms with Crippen LogP contribution in [0.3, 0.4) is 0 Å². The Bertz CT molecular complexity index is 845. The summed E-state index contributed by atoms with van der Waals surface area (Å²) in [5, 5.41) is 6.87. The maximum atomic E-state index is 13.3. The fourth-order valence-corrected chi connectivity index (χ4v) is 6.21. The molecule has 1 aromatic rings. The maximum absolute atomic E-state index is 13.3. The third-order valence-electron chi connectivity index (χ3n) is 6.45. The first-order valence-electron chi connectivity index (χ1n) is 11.0. The normalized spacial score (nSPS) is 21.8. The second kappa shape index (κ2) is 10.3. The zero-order chi connectivity index (χ0) is 21.7. The fourth-order valence-electron chi connectivity index (χ4n) is 4.74. The number of benzene rings is 1. The van der Waals surface area contributed by atoms with Crippen LogP contribution in [0.4, 0.5) is 0 Å². The summed E-state index contributed by atoms with van der Waals surface area (Å²) in [6.07, 6.45) is 9.23. The third kappa shape index (κ3) is 5.29. The number of carbonyl (C=O) groups excluding carboxylic acids is 1. The van der Waals surface area contributed by atoms with Crippen LogP contribution in [0.5, 0.6) is 5.75 Å². The third-order valence-corrected chi connectivity index (χ3v) is 8.64. The number of nitrogens with one attached hydrogen (secondary N) is 2. The standard InChI is InChI=1S/C22H33ClN2O4S/c1-3-30(27,28)20-13-16(19(29-2)14-17(20)23)22(26)25-21(18-11-8-12-24-18)15-9-6-4-5-7-10-15/h13-15,18,21,24H,3-12H2,1-2H3,(H,25,26). The van der Waals surface area contributed by atoms with E-state index >= 15 is 0 Å². The minimum Gasteiger partial charge on any atom is -0.496 e. The van der Waals surface area contributed by atoms with Crippen LogP contribution in [-0.2, 0) is 9.84 Å². The Morgan fingerprint density at radius 3 is 2.47 bits per heavy atom. The summed E-state index contributed by atoms with van der Waals surface area (Å²) in [7, 11) is -2.10. The van der Waals surface area contributed by atoms with Gasteiger partial charge in [-0.3, -0.25) is 4.79 Å². The van der Waals surface area contributed by atoms with Crippen LogP contribution in [0.1, 0.15) is 68.6 Å². The Morgan fingerprint density at radius 2 is 1.90 bits per heavy atom. The van der Waals surface area contributed by atoms with Crippen molar-refractivity contribution in [3.63, 3.8) is 0 Å². The lowest BCUT2D eigenvalue weighted by molar-refractivity contribution is 0.0901. The van der Waals surface area contributed by atoms with E-state index in [9.17, 15) is 13.2 Å². The van der Waals surface area contributed by atoms with E-state index in [0.717, 1.165) is 32.2 Å². The van der Waals surface area contributed by atoms with Crippen molar-refractivity contribution in [2.45, 2.75) is 75.3 Å². The van der Waals surface area contributed by atoms with Gasteiger partial charge >= 0.3 is 0 Å². The van der Waals surface area contributed by atoms with Gasteiger partial charge in [0.25, 0.3) is 5.91 Å². The van der Waals surface area contributed by atoms with Crippen molar-refractivity contribution in [1.82, 2.24) is 10.6 Å². The molecule has 1 aliphatic carbocycles. The van der Waals surface area contributed by atoms with Gasteiger partial charge in [-0.15, -0.1) is 0 Å². The number of sulfone groups is 1. The van der Waals surface area contributed by atoms with Crippen molar-refractivity contribution in [1.29, 1.82) is 0 Å². The molecule has 6 nitrogen and oxygen atoms in total. The second-order valence-electron chi connectivity index (χ2n) is 8.34. The predicted octanol–water partition coefficient (Wildman–Crippen LogP) is 3.96. The Labute approximate surface area is 185 Å². The average molecular weight is 457 g/mol. The lowest BCUT2D eigenvalue weighted by atomic mass is 9.86. The van der Waals surface area contributed by atoms with Gasteiger partial charge in [0.15, 0.2) is 9.84 Å². The molecule has 8 heteroatoms. The van der Waals surface area contributed by atoms with Gasteiger partial charge in [-0.25, -0.2) is 8.42 Å². The molecule has 3 rings (SSSR count). The number of hydrogen-bond donors (Lipinski definition) is 2. The zero-order valence-corrected chi connectivity index (χ0v) is 19.4. The topological polar surface area (TPSA) is 84.5 Å². The number of ether oxygens (including phenoxy) is 1.